The molecule has 166 valence electrons. The van der Waals surface area contributed by atoms with E-state index in [-0.39, 0.29) is 41.7 Å². The van der Waals surface area contributed by atoms with Gasteiger partial charge in [-0.25, -0.2) is 9.37 Å². The molecule has 3 aromatic rings. The molecule has 1 aliphatic rings. The number of nitrogens with zero attached hydrogens (tertiary/aromatic N) is 4. The molecule has 10 heteroatoms. The third-order valence-electron chi connectivity index (χ3n) is 5.55. The number of carbonyl (C=O) groups excluding carboxylic acids is 2. The van der Waals surface area contributed by atoms with E-state index in [1.807, 2.05) is 11.8 Å². The Bertz CT molecular complexity index is 1240. The van der Waals surface area contributed by atoms with Crippen LogP contribution in [0.4, 0.5) is 10.1 Å². The number of aryl methyl sites for hydroxylation is 1. The van der Waals surface area contributed by atoms with Crippen LogP contribution in [0, 0.1) is 5.82 Å². The minimum Gasteiger partial charge on any atom is -0.354 e. The van der Waals surface area contributed by atoms with E-state index in [1.165, 1.54) is 19.4 Å². The SMILES string of the molecule is CCc1cc2ncc(CN3CCN(c4ccc(C(=O)NC)nc4)C(=O)C3)c(F)c2[nH]c1=O. The number of anilines is 1. The van der Waals surface area contributed by atoms with E-state index in [9.17, 15) is 14.4 Å². The highest BCUT2D eigenvalue weighted by Crippen LogP contribution is 2.21. The van der Waals surface area contributed by atoms with E-state index in [4.69, 9.17) is 0 Å². The zero-order chi connectivity index (χ0) is 22.8. The maximum absolute atomic E-state index is 15.0. The summed E-state index contributed by atoms with van der Waals surface area (Å²) in [6, 6.07) is 4.85. The van der Waals surface area contributed by atoms with Crippen molar-refractivity contribution < 1.29 is 14.0 Å². The summed E-state index contributed by atoms with van der Waals surface area (Å²) < 4.78 is 15.0. The fourth-order valence-electron chi connectivity index (χ4n) is 3.75. The topological polar surface area (TPSA) is 111 Å². The second-order valence-corrected chi connectivity index (χ2v) is 7.57. The van der Waals surface area contributed by atoms with Gasteiger partial charge in [0.1, 0.15) is 11.2 Å². The molecule has 0 aliphatic carbocycles. The standard InChI is InChI=1S/C22H23FN6O3/c1-3-13-8-17-20(27-21(13)31)19(23)14(9-25-17)11-28-6-7-29(18(30)12-28)15-4-5-16(26-10-15)22(32)24-2/h4-5,8-10H,3,6-7,11-12H2,1-2H3,(H,24,32)(H,27,31). The number of rotatable bonds is 5. The van der Waals surface area contributed by atoms with Gasteiger partial charge in [0.15, 0.2) is 5.82 Å². The average Bonchev–Trinajstić information content (AvgIpc) is 2.80. The molecule has 4 rings (SSSR count). The summed E-state index contributed by atoms with van der Waals surface area (Å²) in [6.07, 6.45) is 3.48. The van der Waals surface area contributed by atoms with Gasteiger partial charge >= 0.3 is 0 Å². The number of hydrogen-bond acceptors (Lipinski definition) is 6. The fourth-order valence-corrected chi connectivity index (χ4v) is 3.75. The number of hydrogen-bond donors (Lipinski definition) is 2. The summed E-state index contributed by atoms with van der Waals surface area (Å²) in [5.41, 5.74) is 1.90. The van der Waals surface area contributed by atoms with E-state index in [2.05, 4.69) is 20.3 Å². The van der Waals surface area contributed by atoms with Crippen molar-refractivity contribution in [3.8, 4) is 0 Å². The van der Waals surface area contributed by atoms with Gasteiger partial charge in [0.25, 0.3) is 11.5 Å². The van der Waals surface area contributed by atoms with Crippen LogP contribution in [-0.2, 0) is 17.8 Å². The summed E-state index contributed by atoms with van der Waals surface area (Å²) in [7, 11) is 1.52. The lowest BCUT2D eigenvalue weighted by Gasteiger charge is -2.34. The molecule has 0 bridgehead atoms. The quantitative estimate of drug-likeness (QED) is 0.620. The van der Waals surface area contributed by atoms with Crippen LogP contribution >= 0.6 is 0 Å². The minimum atomic E-state index is -0.529. The molecule has 0 saturated carbocycles. The molecule has 2 amide bonds. The first-order valence-corrected chi connectivity index (χ1v) is 10.3. The molecule has 1 saturated heterocycles. The maximum atomic E-state index is 15.0. The molecule has 9 nitrogen and oxygen atoms in total. The summed E-state index contributed by atoms with van der Waals surface area (Å²) in [5, 5.41) is 2.50. The van der Waals surface area contributed by atoms with Crippen LogP contribution in [0.15, 0.2) is 35.4 Å². The van der Waals surface area contributed by atoms with E-state index < -0.39 is 5.82 Å². The maximum Gasteiger partial charge on any atom is 0.269 e. The van der Waals surface area contributed by atoms with Crippen LogP contribution < -0.4 is 15.8 Å². The highest BCUT2D eigenvalue weighted by atomic mass is 19.1. The summed E-state index contributed by atoms with van der Waals surface area (Å²) >= 11 is 0. The van der Waals surface area contributed by atoms with Gasteiger partial charge in [-0.15, -0.1) is 0 Å². The van der Waals surface area contributed by atoms with Crippen LogP contribution in [0.2, 0.25) is 0 Å². The van der Waals surface area contributed by atoms with Gasteiger partial charge in [0, 0.05) is 44.0 Å². The van der Waals surface area contributed by atoms with Crippen LogP contribution in [0.25, 0.3) is 11.0 Å². The van der Waals surface area contributed by atoms with Gasteiger partial charge < -0.3 is 15.2 Å². The third kappa shape index (κ3) is 4.09. The number of fused-ring (bicyclic) bond motifs is 1. The van der Waals surface area contributed by atoms with Gasteiger partial charge in [-0.3, -0.25) is 24.3 Å². The summed E-state index contributed by atoms with van der Waals surface area (Å²) in [4.78, 5) is 50.8. The molecule has 0 unspecified atom stereocenters. The predicted molar refractivity (Wildman–Crippen MR) is 117 cm³/mol. The number of H-pyrrole nitrogens is 1. The lowest BCUT2D eigenvalue weighted by atomic mass is 10.1. The third-order valence-corrected chi connectivity index (χ3v) is 5.55. The summed E-state index contributed by atoms with van der Waals surface area (Å²) in [5.74, 6) is -0.981. The Morgan fingerprint density at radius 2 is 2.00 bits per heavy atom. The first-order valence-electron chi connectivity index (χ1n) is 10.3. The normalized spacial score (nSPS) is 14.7. The van der Waals surface area contributed by atoms with Crippen molar-refractivity contribution in [2.45, 2.75) is 19.9 Å². The molecular formula is C22H23FN6O3. The van der Waals surface area contributed by atoms with Crippen molar-refractivity contribution in [2.24, 2.45) is 0 Å². The average molecular weight is 438 g/mol. The molecule has 1 fully saturated rings. The van der Waals surface area contributed by atoms with E-state index >= 15 is 4.39 Å². The smallest absolute Gasteiger partial charge is 0.269 e. The van der Waals surface area contributed by atoms with Crippen LogP contribution in [0.3, 0.4) is 0 Å². The molecule has 32 heavy (non-hydrogen) atoms. The Morgan fingerprint density at radius 3 is 2.66 bits per heavy atom. The Balaban J connectivity index is 1.48. The number of amides is 2. The number of piperazine rings is 1. The minimum absolute atomic E-state index is 0.0805. The molecule has 0 atom stereocenters. The zero-order valence-electron chi connectivity index (χ0n) is 17.8. The Kier molecular flexibility index (Phi) is 5.95. The molecule has 0 spiro atoms. The van der Waals surface area contributed by atoms with Crippen molar-refractivity contribution in [3.63, 3.8) is 0 Å². The number of pyridine rings is 3. The monoisotopic (exact) mass is 438 g/mol. The van der Waals surface area contributed by atoms with E-state index in [0.717, 1.165) is 0 Å². The zero-order valence-corrected chi connectivity index (χ0v) is 17.8. The van der Waals surface area contributed by atoms with Crippen molar-refractivity contribution in [2.75, 3.05) is 31.6 Å². The fraction of sp³-hybridized carbons (Fsp3) is 0.318. The van der Waals surface area contributed by atoms with Crippen molar-refractivity contribution >= 4 is 28.5 Å². The predicted octanol–water partition coefficient (Wildman–Crippen LogP) is 1.23. The Morgan fingerprint density at radius 1 is 1.19 bits per heavy atom. The van der Waals surface area contributed by atoms with Gasteiger partial charge in [0.2, 0.25) is 5.91 Å². The number of aromatic amines is 1. The molecule has 0 radical (unpaired) electrons. The van der Waals surface area contributed by atoms with Gasteiger partial charge in [-0.2, -0.15) is 0 Å². The number of aromatic nitrogens is 3. The van der Waals surface area contributed by atoms with Crippen molar-refractivity contribution in [3.05, 3.63) is 63.6 Å². The molecule has 3 aromatic heterocycles. The van der Waals surface area contributed by atoms with E-state index in [0.29, 0.717) is 41.8 Å². The highest BCUT2D eigenvalue weighted by molar-refractivity contribution is 5.96. The highest BCUT2D eigenvalue weighted by Gasteiger charge is 2.26. The second kappa shape index (κ2) is 8.83. The lowest BCUT2D eigenvalue weighted by Crippen LogP contribution is -2.50. The molecule has 0 aromatic carbocycles. The Labute approximate surface area is 183 Å². The van der Waals surface area contributed by atoms with Crippen LogP contribution in [0.1, 0.15) is 28.5 Å². The second-order valence-electron chi connectivity index (χ2n) is 7.57. The van der Waals surface area contributed by atoms with Crippen molar-refractivity contribution in [1.82, 2.24) is 25.2 Å². The Hall–Kier alpha value is -3.66. The van der Waals surface area contributed by atoms with Crippen LogP contribution in [-0.4, -0.2) is 58.3 Å². The molecule has 4 heterocycles. The first kappa shape index (κ1) is 21.6. The molecule has 2 N–H and O–H groups in total. The molecule has 1 aliphatic heterocycles. The first-order chi connectivity index (χ1) is 15.4. The molecular weight excluding hydrogens is 415 g/mol. The van der Waals surface area contributed by atoms with Gasteiger partial charge in [-0.05, 0) is 24.6 Å². The number of halogens is 1. The largest absolute Gasteiger partial charge is 0.354 e. The van der Waals surface area contributed by atoms with Gasteiger partial charge in [0.05, 0.1) is 23.9 Å². The number of nitrogens with one attached hydrogen (secondary N) is 2. The van der Waals surface area contributed by atoms with Gasteiger partial charge in [-0.1, -0.05) is 6.92 Å². The lowest BCUT2D eigenvalue weighted by molar-refractivity contribution is -0.121. The van der Waals surface area contributed by atoms with Crippen LogP contribution in [0.5, 0.6) is 0 Å². The number of carbonyl (C=O) groups is 2. The summed E-state index contributed by atoms with van der Waals surface area (Å²) in [6.45, 7) is 3.06. The van der Waals surface area contributed by atoms with E-state index in [1.54, 1.807) is 23.1 Å². The van der Waals surface area contributed by atoms with Crippen molar-refractivity contribution in [1.29, 1.82) is 0 Å².